The number of nitrogens with one attached hydrogen (secondary N) is 1. The molecule has 6 nitrogen and oxygen atoms in total. The van der Waals surface area contributed by atoms with Gasteiger partial charge in [0.25, 0.3) is 5.56 Å². The van der Waals surface area contributed by atoms with Crippen molar-refractivity contribution < 1.29 is 4.79 Å². The highest BCUT2D eigenvalue weighted by Gasteiger charge is 2.19. The Hall–Kier alpha value is -2.34. The highest BCUT2D eigenvalue weighted by molar-refractivity contribution is 6.30. The van der Waals surface area contributed by atoms with Gasteiger partial charge in [-0.2, -0.15) is 0 Å². The number of hydrogen-bond acceptors (Lipinski definition) is 4. The molecule has 0 unspecified atom stereocenters. The Kier molecular flexibility index (Phi) is 5.38. The number of carbonyl (C=O) groups excluding carboxylic acids is 1. The third-order valence-corrected chi connectivity index (χ3v) is 4.44. The number of benzene rings is 1. The molecule has 0 bridgehead atoms. The molecule has 1 fully saturated rings. The first-order chi connectivity index (χ1) is 12.0. The number of rotatable bonds is 4. The minimum absolute atomic E-state index is 0.0689. The molecule has 0 spiro atoms. The van der Waals surface area contributed by atoms with Gasteiger partial charge in [0.05, 0.1) is 0 Å². The molecule has 0 atom stereocenters. The number of hydrogen-bond donors (Lipinski definition) is 1. The summed E-state index contributed by atoms with van der Waals surface area (Å²) in [5, 5.41) is 3.39. The highest BCUT2D eigenvalue weighted by atomic mass is 35.5. The van der Waals surface area contributed by atoms with Crippen molar-refractivity contribution in [3.63, 3.8) is 0 Å². The summed E-state index contributed by atoms with van der Waals surface area (Å²) in [6, 6.07) is 8.32. The second-order valence-electron chi connectivity index (χ2n) is 6.22. The van der Waals surface area contributed by atoms with Crippen LogP contribution in [0.15, 0.2) is 35.1 Å². The topological polar surface area (TPSA) is 67.2 Å². The monoisotopic (exact) mass is 360 g/mol. The fourth-order valence-electron chi connectivity index (χ4n) is 2.97. The molecule has 1 aliphatic rings. The molecular formula is C18H21ClN4O2. The smallest absolute Gasteiger partial charge is 0.255 e. The van der Waals surface area contributed by atoms with E-state index in [0.29, 0.717) is 22.4 Å². The van der Waals surface area contributed by atoms with Crippen molar-refractivity contribution in [2.45, 2.75) is 32.7 Å². The van der Waals surface area contributed by atoms with E-state index in [1.165, 1.54) is 17.1 Å². The van der Waals surface area contributed by atoms with Crippen LogP contribution >= 0.6 is 11.6 Å². The third kappa shape index (κ3) is 4.39. The number of aryl methyl sites for hydroxylation is 1. The number of carbonyl (C=O) groups is 1. The van der Waals surface area contributed by atoms with Gasteiger partial charge in [0.15, 0.2) is 0 Å². The third-order valence-electron chi connectivity index (χ3n) is 4.18. The van der Waals surface area contributed by atoms with Crippen molar-refractivity contribution in [1.29, 1.82) is 0 Å². The molecule has 0 radical (unpaired) electrons. The number of piperidine rings is 1. The summed E-state index contributed by atoms with van der Waals surface area (Å²) in [7, 11) is 0. The Bertz CT molecular complexity index is 811. The van der Waals surface area contributed by atoms with Gasteiger partial charge in [0.2, 0.25) is 11.9 Å². The zero-order valence-corrected chi connectivity index (χ0v) is 14.9. The fourth-order valence-corrected chi connectivity index (χ4v) is 3.09. The number of nitrogens with zero attached hydrogens (tertiary/aromatic N) is 3. The minimum atomic E-state index is -0.270. The summed E-state index contributed by atoms with van der Waals surface area (Å²) >= 11 is 5.85. The van der Waals surface area contributed by atoms with Gasteiger partial charge in [-0.1, -0.05) is 11.6 Å². The zero-order valence-electron chi connectivity index (χ0n) is 14.2. The predicted molar refractivity (Wildman–Crippen MR) is 99.4 cm³/mol. The second-order valence-corrected chi connectivity index (χ2v) is 6.66. The van der Waals surface area contributed by atoms with Crippen LogP contribution in [-0.4, -0.2) is 28.5 Å². The van der Waals surface area contributed by atoms with E-state index in [1.54, 1.807) is 31.2 Å². The molecule has 1 aromatic carbocycles. The van der Waals surface area contributed by atoms with Crippen LogP contribution in [0.4, 0.5) is 11.6 Å². The summed E-state index contributed by atoms with van der Waals surface area (Å²) < 4.78 is 1.45. The van der Waals surface area contributed by atoms with Crippen molar-refractivity contribution in [1.82, 2.24) is 9.55 Å². The maximum absolute atomic E-state index is 12.4. The van der Waals surface area contributed by atoms with Gasteiger partial charge in [-0.25, -0.2) is 4.98 Å². The first kappa shape index (κ1) is 17.5. The van der Waals surface area contributed by atoms with E-state index >= 15 is 0 Å². The van der Waals surface area contributed by atoms with Crippen molar-refractivity contribution >= 4 is 29.1 Å². The molecular weight excluding hydrogens is 340 g/mol. The number of anilines is 2. The largest absolute Gasteiger partial charge is 0.342 e. The first-order valence-corrected chi connectivity index (χ1v) is 8.79. The molecule has 132 valence electrons. The first-order valence-electron chi connectivity index (χ1n) is 8.42. The molecule has 25 heavy (non-hydrogen) atoms. The van der Waals surface area contributed by atoms with Crippen molar-refractivity contribution in [2.75, 3.05) is 23.3 Å². The lowest BCUT2D eigenvalue weighted by Crippen LogP contribution is -2.38. The van der Waals surface area contributed by atoms with E-state index in [-0.39, 0.29) is 18.0 Å². The summed E-state index contributed by atoms with van der Waals surface area (Å²) in [5.41, 5.74) is 1.10. The molecule has 1 saturated heterocycles. The van der Waals surface area contributed by atoms with E-state index in [0.717, 1.165) is 25.9 Å². The Morgan fingerprint density at radius 1 is 1.20 bits per heavy atom. The van der Waals surface area contributed by atoms with Gasteiger partial charge in [-0.15, -0.1) is 0 Å². The van der Waals surface area contributed by atoms with Gasteiger partial charge in [0, 0.05) is 35.6 Å². The molecule has 7 heteroatoms. The van der Waals surface area contributed by atoms with Gasteiger partial charge >= 0.3 is 0 Å². The Morgan fingerprint density at radius 3 is 2.56 bits per heavy atom. The normalized spacial score (nSPS) is 14.4. The summed E-state index contributed by atoms with van der Waals surface area (Å²) in [6.07, 6.45) is 3.32. The van der Waals surface area contributed by atoms with Crippen LogP contribution in [0.5, 0.6) is 0 Å². The molecule has 0 saturated carbocycles. The molecule has 0 aliphatic carbocycles. The summed E-state index contributed by atoms with van der Waals surface area (Å²) in [5.74, 6) is 0.310. The molecule has 1 aliphatic heterocycles. The van der Waals surface area contributed by atoms with Crippen LogP contribution in [-0.2, 0) is 11.3 Å². The van der Waals surface area contributed by atoms with Crippen molar-refractivity contribution in [2.24, 2.45) is 0 Å². The summed E-state index contributed by atoms with van der Waals surface area (Å²) in [4.78, 5) is 31.4. The molecule has 2 aromatic rings. The van der Waals surface area contributed by atoms with Crippen LogP contribution in [0.3, 0.4) is 0 Å². The highest BCUT2D eigenvalue weighted by Crippen LogP contribution is 2.17. The molecule has 1 amide bonds. The van der Waals surface area contributed by atoms with Crippen LogP contribution in [0.2, 0.25) is 5.02 Å². The molecule has 1 aromatic heterocycles. The van der Waals surface area contributed by atoms with E-state index in [2.05, 4.69) is 15.2 Å². The van der Waals surface area contributed by atoms with Gasteiger partial charge < -0.3 is 10.2 Å². The van der Waals surface area contributed by atoms with E-state index in [1.807, 2.05) is 0 Å². The van der Waals surface area contributed by atoms with Gasteiger partial charge in [-0.3, -0.25) is 14.2 Å². The maximum Gasteiger partial charge on any atom is 0.255 e. The van der Waals surface area contributed by atoms with Gasteiger partial charge in [0.1, 0.15) is 6.54 Å². The quantitative estimate of drug-likeness (QED) is 0.910. The lowest BCUT2D eigenvalue weighted by atomic mass is 10.1. The lowest BCUT2D eigenvalue weighted by molar-refractivity contribution is -0.116. The summed E-state index contributed by atoms with van der Waals surface area (Å²) in [6.45, 7) is 3.44. The van der Waals surface area contributed by atoms with Crippen LogP contribution in [0.1, 0.15) is 25.0 Å². The zero-order chi connectivity index (χ0) is 17.8. The Labute approximate surface area is 151 Å². The van der Waals surface area contributed by atoms with E-state index in [9.17, 15) is 9.59 Å². The number of amides is 1. The Balaban J connectivity index is 1.82. The predicted octanol–water partition coefficient (Wildman–Crippen LogP) is 2.83. The Morgan fingerprint density at radius 2 is 1.88 bits per heavy atom. The number of aromatic nitrogens is 2. The number of halogens is 1. The average Bonchev–Trinajstić information content (AvgIpc) is 2.60. The van der Waals surface area contributed by atoms with E-state index in [4.69, 9.17) is 11.6 Å². The SMILES string of the molecule is Cc1cc(=O)n(CC(=O)Nc2ccc(Cl)cc2)c(N2CCCCC2)n1. The maximum atomic E-state index is 12.4. The second kappa shape index (κ2) is 7.70. The van der Waals surface area contributed by atoms with Crippen molar-refractivity contribution in [3.05, 3.63) is 51.4 Å². The fraction of sp³-hybridized carbons (Fsp3) is 0.389. The standard InChI is InChI=1S/C18H21ClN4O2/c1-13-11-17(25)23(18(20-13)22-9-3-2-4-10-22)12-16(24)21-15-7-5-14(19)6-8-15/h5-8,11H,2-4,9-10,12H2,1H3,(H,21,24). The molecule has 1 N–H and O–H groups in total. The van der Waals surface area contributed by atoms with Crippen LogP contribution < -0.4 is 15.8 Å². The van der Waals surface area contributed by atoms with Gasteiger partial charge in [-0.05, 0) is 50.5 Å². The molecule has 3 rings (SSSR count). The van der Waals surface area contributed by atoms with Crippen LogP contribution in [0, 0.1) is 6.92 Å². The van der Waals surface area contributed by atoms with E-state index < -0.39 is 0 Å². The minimum Gasteiger partial charge on any atom is -0.342 e. The van der Waals surface area contributed by atoms with Crippen molar-refractivity contribution in [3.8, 4) is 0 Å². The lowest BCUT2D eigenvalue weighted by Gasteiger charge is -2.29. The molecule has 2 heterocycles. The van der Waals surface area contributed by atoms with Crippen LogP contribution in [0.25, 0.3) is 0 Å². The average molecular weight is 361 g/mol.